The first kappa shape index (κ1) is 19.0. The van der Waals surface area contributed by atoms with Gasteiger partial charge in [0.25, 0.3) is 0 Å². The number of carbonyl (C=O) groups is 2. The van der Waals surface area contributed by atoms with Crippen molar-refractivity contribution < 1.29 is 19.1 Å². The Morgan fingerprint density at radius 2 is 1.57 bits per heavy atom. The van der Waals surface area contributed by atoms with E-state index in [9.17, 15) is 9.59 Å². The molecular formula is C16H23BN2O4. The number of carbonyl (C=O) groups excluding carboxylic acids is 2. The van der Waals surface area contributed by atoms with Crippen molar-refractivity contribution in [2.24, 2.45) is 0 Å². The first-order chi connectivity index (χ1) is 10.4. The van der Waals surface area contributed by atoms with Crippen molar-refractivity contribution in [3.63, 3.8) is 0 Å². The van der Waals surface area contributed by atoms with Crippen LogP contribution in [0.1, 0.15) is 47.1 Å². The number of anilines is 1. The summed E-state index contributed by atoms with van der Waals surface area (Å²) in [6, 6.07) is 3.25. The summed E-state index contributed by atoms with van der Waals surface area (Å²) in [4.78, 5) is 29.7. The van der Waals surface area contributed by atoms with Gasteiger partial charge in [0.15, 0.2) is 0 Å². The molecule has 1 aromatic heterocycles. The molecule has 0 atom stereocenters. The first-order valence-corrected chi connectivity index (χ1v) is 7.34. The van der Waals surface area contributed by atoms with Gasteiger partial charge in [-0.2, -0.15) is 4.90 Å². The number of amides is 2. The first-order valence-electron chi connectivity index (χ1n) is 7.34. The van der Waals surface area contributed by atoms with E-state index in [0.717, 1.165) is 10.5 Å². The lowest BCUT2D eigenvalue weighted by atomic mass is 9.98. The van der Waals surface area contributed by atoms with Crippen LogP contribution in [0.3, 0.4) is 0 Å². The Morgan fingerprint density at radius 1 is 1.09 bits per heavy atom. The summed E-state index contributed by atoms with van der Waals surface area (Å²) >= 11 is 0. The van der Waals surface area contributed by atoms with E-state index in [4.69, 9.17) is 17.3 Å². The van der Waals surface area contributed by atoms with Gasteiger partial charge < -0.3 is 9.47 Å². The van der Waals surface area contributed by atoms with Crippen LogP contribution in [0.4, 0.5) is 15.4 Å². The molecule has 6 nitrogen and oxygen atoms in total. The minimum Gasteiger partial charge on any atom is -0.443 e. The number of pyridine rings is 1. The Bertz CT molecular complexity index is 548. The standard InChI is InChI=1S/C16H23BN2O4/c1-15(2,3)22-13(20)19(14(21)23-16(4,5)6)12-9-11(10-17)7-8-18-12/h7-9H,10H2,1-6H3. The molecule has 0 saturated carbocycles. The summed E-state index contributed by atoms with van der Waals surface area (Å²) in [7, 11) is 5.60. The van der Waals surface area contributed by atoms with Gasteiger partial charge in [0.1, 0.15) is 17.0 Å². The average Bonchev–Trinajstić information content (AvgIpc) is 2.34. The lowest BCUT2D eigenvalue weighted by molar-refractivity contribution is 0.0429. The topological polar surface area (TPSA) is 68.7 Å². The van der Waals surface area contributed by atoms with Crippen molar-refractivity contribution in [1.82, 2.24) is 4.98 Å². The molecule has 0 aliphatic carbocycles. The molecule has 0 aliphatic rings. The lowest BCUT2D eigenvalue weighted by Gasteiger charge is -2.28. The Hall–Kier alpha value is -2.05. The molecule has 0 bridgehead atoms. The SMILES string of the molecule is [B]Cc1ccnc(N(C(=O)OC(C)(C)C)C(=O)OC(C)(C)C)c1. The minimum absolute atomic E-state index is 0.108. The van der Waals surface area contributed by atoms with Crippen LogP contribution in [-0.4, -0.2) is 36.2 Å². The fourth-order valence-corrected chi connectivity index (χ4v) is 1.59. The molecule has 23 heavy (non-hydrogen) atoms. The lowest BCUT2D eigenvalue weighted by Crippen LogP contribution is -2.44. The zero-order valence-corrected chi connectivity index (χ0v) is 14.5. The summed E-state index contributed by atoms with van der Waals surface area (Å²) < 4.78 is 10.6. The van der Waals surface area contributed by atoms with E-state index < -0.39 is 23.4 Å². The number of hydrogen-bond donors (Lipinski definition) is 0. The van der Waals surface area contributed by atoms with Gasteiger partial charge in [0, 0.05) is 6.20 Å². The molecule has 7 heteroatoms. The van der Waals surface area contributed by atoms with Crippen LogP contribution in [0, 0.1) is 0 Å². The zero-order chi connectivity index (χ0) is 17.8. The van der Waals surface area contributed by atoms with Crippen molar-refractivity contribution >= 4 is 25.9 Å². The summed E-state index contributed by atoms with van der Waals surface area (Å²) in [5, 5.41) is 0. The fourth-order valence-electron chi connectivity index (χ4n) is 1.59. The highest BCUT2D eigenvalue weighted by Gasteiger charge is 2.33. The number of aromatic nitrogens is 1. The smallest absolute Gasteiger partial charge is 0.425 e. The van der Waals surface area contributed by atoms with Crippen LogP contribution >= 0.6 is 0 Å². The number of rotatable bonds is 2. The zero-order valence-electron chi connectivity index (χ0n) is 14.5. The van der Waals surface area contributed by atoms with E-state index in [1.807, 2.05) is 0 Å². The highest BCUT2D eigenvalue weighted by molar-refractivity contribution is 6.10. The summed E-state index contributed by atoms with van der Waals surface area (Å²) in [5.41, 5.74) is -0.793. The molecule has 1 rings (SSSR count). The normalized spacial score (nSPS) is 11.7. The summed E-state index contributed by atoms with van der Waals surface area (Å²) in [6.45, 7) is 10.3. The van der Waals surface area contributed by atoms with Crippen molar-refractivity contribution in [2.75, 3.05) is 4.90 Å². The van der Waals surface area contributed by atoms with Gasteiger partial charge in [-0.25, -0.2) is 14.6 Å². The van der Waals surface area contributed by atoms with Gasteiger partial charge in [-0.15, -0.1) is 0 Å². The summed E-state index contributed by atoms with van der Waals surface area (Å²) in [6.07, 6.45) is 0.0208. The Balaban J connectivity index is 3.19. The van der Waals surface area contributed by atoms with E-state index in [0.29, 0.717) is 0 Å². The molecule has 1 aromatic rings. The second-order valence-electron chi connectivity index (χ2n) is 7.02. The van der Waals surface area contributed by atoms with Crippen LogP contribution < -0.4 is 4.90 Å². The quantitative estimate of drug-likeness (QED) is 0.782. The molecule has 124 valence electrons. The van der Waals surface area contributed by atoms with Crippen LogP contribution in [0.15, 0.2) is 18.3 Å². The van der Waals surface area contributed by atoms with E-state index in [2.05, 4.69) is 4.98 Å². The average molecular weight is 318 g/mol. The molecular weight excluding hydrogens is 295 g/mol. The van der Waals surface area contributed by atoms with Crippen LogP contribution in [0.5, 0.6) is 0 Å². The third-order valence-electron chi connectivity index (χ3n) is 2.43. The van der Waals surface area contributed by atoms with Crippen molar-refractivity contribution in [2.45, 2.75) is 59.1 Å². The second-order valence-corrected chi connectivity index (χ2v) is 7.02. The van der Waals surface area contributed by atoms with Crippen LogP contribution in [-0.2, 0) is 15.8 Å². The van der Waals surface area contributed by atoms with Gasteiger partial charge in [0.2, 0.25) is 0 Å². The number of imide groups is 1. The van der Waals surface area contributed by atoms with E-state index in [1.165, 1.54) is 6.20 Å². The predicted molar refractivity (Wildman–Crippen MR) is 88.6 cm³/mol. The third-order valence-corrected chi connectivity index (χ3v) is 2.43. The fraction of sp³-hybridized carbons (Fsp3) is 0.562. The van der Waals surface area contributed by atoms with E-state index in [-0.39, 0.29) is 12.1 Å². The van der Waals surface area contributed by atoms with Gasteiger partial charge in [-0.1, -0.05) is 11.9 Å². The maximum atomic E-state index is 12.4. The van der Waals surface area contributed by atoms with Crippen molar-refractivity contribution in [3.8, 4) is 0 Å². The minimum atomic E-state index is -0.853. The van der Waals surface area contributed by atoms with Crippen molar-refractivity contribution in [3.05, 3.63) is 23.9 Å². The Labute approximate surface area is 138 Å². The third kappa shape index (κ3) is 6.30. The van der Waals surface area contributed by atoms with E-state index >= 15 is 0 Å². The monoisotopic (exact) mass is 318 g/mol. The van der Waals surface area contributed by atoms with Gasteiger partial charge in [-0.3, -0.25) is 0 Å². The molecule has 2 radical (unpaired) electrons. The van der Waals surface area contributed by atoms with Crippen LogP contribution in [0.25, 0.3) is 0 Å². The Morgan fingerprint density at radius 3 is 1.96 bits per heavy atom. The maximum absolute atomic E-state index is 12.4. The largest absolute Gasteiger partial charge is 0.443 e. The van der Waals surface area contributed by atoms with Crippen molar-refractivity contribution in [1.29, 1.82) is 0 Å². The maximum Gasteiger partial charge on any atom is 0.425 e. The molecule has 0 N–H and O–H groups in total. The van der Waals surface area contributed by atoms with Crippen LogP contribution in [0.2, 0.25) is 0 Å². The molecule has 0 aliphatic heterocycles. The number of hydrogen-bond acceptors (Lipinski definition) is 5. The molecule has 0 saturated heterocycles. The molecule has 0 aromatic carbocycles. The highest BCUT2D eigenvalue weighted by atomic mass is 16.6. The van der Waals surface area contributed by atoms with Gasteiger partial charge in [0.05, 0.1) is 7.85 Å². The van der Waals surface area contributed by atoms with Gasteiger partial charge >= 0.3 is 12.2 Å². The van der Waals surface area contributed by atoms with Gasteiger partial charge in [-0.05, 0) is 53.7 Å². The molecule has 0 unspecified atom stereocenters. The molecule has 2 amide bonds. The Kier molecular flexibility index (Phi) is 5.80. The molecule has 0 spiro atoms. The molecule has 1 heterocycles. The summed E-state index contributed by atoms with van der Waals surface area (Å²) in [5.74, 6) is 0.108. The number of nitrogens with zero attached hydrogens (tertiary/aromatic N) is 2. The highest BCUT2D eigenvalue weighted by Crippen LogP contribution is 2.20. The second kappa shape index (κ2) is 7.02. The molecule has 0 fully saturated rings. The predicted octanol–water partition coefficient (Wildman–Crippen LogP) is 3.43. The number of ether oxygens (including phenoxy) is 2. The van der Waals surface area contributed by atoms with E-state index in [1.54, 1.807) is 53.7 Å².